The lowest BCUT2D eigenvalue weighted by Crippen LogP contribution is -2.36. The standard InChI is InChI=1S/C19H25N3O4S/c1-13-6-7-15(14(2)10-13)21-19(24)22(8-5-9-25-3)11-17-20-16(12-27-17)18(23)26-4/h6-7,10,12H,5,8-9,11H2,1-4H3,(H,21,24). The van der Waals surface area contributed by atoms with E-state index < -0.39 is 5.97 Å². The number of ether oxygens (including phenoxy) is 2. The monoisotopic (exact) mass is 391 g/mol. The Bertz CT molecular complexity index is 791. The maximum atomic E-state index is 12.8. The third-order valence-corrected chi connectivity index (χ3v) is 4.79. The van der Waals surface area contributed by atoms with E-state index in [4.69, 9.17) is 4.74 Å². The molecule has 1 aromatic heterocycles. The number of nitrogens with one attached hydrogen (secondary N) is 1. The zero-order chi connectivity index (χ0) is 19.8. The molecule has 7 nitrogen and oxygen atoms in total. The summed E-state index contributed by atoms with van der Waals surface area (Å²) in [6, 6.07) is 5.66. The maximum Gasteiger partial charge on any atom is 0.357 e. The number of hydrogen-bond acceptors (Lipinski definition) is 6. The number of anilines is 1. The van der Waals surface area contributed by atoms with Crippen LogP contribution in [0.25, 0.3) is 0 Å². The van der Waals surface area contributed by atoms with Crippen molar-refractivity contribution in [2.45, 2.75) is 26.8 Å². The van der Waals surface area contributed by atoms with Crippen molar-refractivity contribution in [3.63, 3.8) is 0 Å². The van der Waals surface area contributed by atoms with Crippen molar-refractivity contribution in [1.82, 2.24) is 9.88 Å². The lowest BCUT2D eigenvalue weighted by atomic mass is 10.1. The molecule has 2 rings (SSSR count). The summed E-state index contributed by atoms with van der Waals surface area (Å²) in [7, 11) is 2.94. The molecule has 0 bridgehead atoms. The number of aryl methyl sites for hydroxylation is 2. The van der Waals surface area contributed by atoms with Crippen LogP contribution in [-0.2, 0) is 16.0 Å². The second kappa shape index (κ2) is 10.0. The first-order valence-corrected chi connectivity index (χ1v) is 9.47. The minimum atomic E-state index is -0.483. The third-order valence-electron chi connectivity index (χ3n) is 3.96. The Morgan fingerprint density at radius 1 is 1.26 bits per heavy atom. The van der Waals surface area contributed by atoms with E-state index >= 15 is 0 Å². The molecule has 27 heavy (non-hydrogen) atoms. The summed E-state index contributed by atoms with van der Waals surface area (Å²) in [6.45, 7) is 5.34. The minimum absolute atomic E-state index is 0.215. The van der Waals surface area contributed by atoms with Crippen LogP contribution in [0.4, 0.5) is 10.5 Å². The summed E-state index contributed by atoms with van der Waals surface area (Å²) >= 11 is 1.32. The molecule has 0 unspecified atom stereocenters. The highest BCUT2D eigenvalue weighted by atomic mass is 32.1. The van der Waals surface area contributed by atoms with Gasteiger partial charge in [0.05, 0.1) is 13.7 Å². The average Bonchev–Trinajstić information content (AvgIpc) is 3.11. The van der Waals surface area contributed by atoms with Gasteiger partial charge in [-0.05, 0) is 31.9 Å². The number of nitrogens with zero attached hydrogens (tertiary/aromatic N) is 2. The molecule has 1 heterocycles. The van der Waals surface area contributed by atoms with E-state index in [1.54, 1.807) is 17.4 Å². The molecule has 0 atom stereocenters. The van der Waals surface area contributed by atoms with Crippen LogP contribution in [0.15, 0.2) is 23.6 Å². The number of methoxy groups -OCH3 is 2. The van der Waals surface area contributed by atoms with Crippen molar-refractivity contribution < 1.29 is 19.1 Å². The Balaban J connectivity index is 2.11. The molecule has 1 N–H and O–H groups in total. The van der Waals surface area contributed by atoms with E-state index in [1.807, 2.05) is 32.0 Å². The van der Waals surface area contributed by atoms with Gasteiger partial charge in [0.2, 0.25) is 0 Å². The quantitative estimate of drug-likeness (QED) is 0.549. The summed E-state index contributed by atoms with van der Waals surface area (Å²) in [5.74, 6) is -0.483. The van der Waals surface area contributed by atoms with Gasteiger partial charge in [-0.25, -0.2) is 14.6 Å². The van der Waals surface area contributed by atoms with Crippen LogP contribution in [0, 0.1) is 13.8 Å². The molecule has 2 aromatic rings. The van der Waals surface area contributed by atoms with Crippen LogP contribution in [0.1, 0.15) is 33.0 Å². The third kappa shape index (κ3) is 6.04. The lowest BCUT2D eigenvalue weighted by molar-refractivity contribution is 0.0594. The van der Waals surface area contributed by atoms with Gasteiger partial charge in [-0.15, -0.1) is 11.3 Å². The molecular weight excluding hydrogens is 366 g/mol. The van der Waals surface area contributed by atoms with E-state index in [0.717, 1.165) is 16.8 Å². The molecule has 0 saturated carbocycles. The second-order valence-corrected chi connectivity index (χ2v) is 7.08. The number of aromatic nitrogens is 1. The number of amides is 2. The van der Waals surface area contributed by atoms with E-state index in [2.05, 4.69) is 15.0 Å². The largest absolute Gasteiger partial charge is 0.464 e. The Labute approximate surface area is 163 Å². The number of thiazole rings is 1. The zero-order valence-electron chi connectivity index (χ0n) is 16.1. The zero-order valence-corrected chi connectivity index (χ0v) is 16.9. The number of rotatable bonds is 8. The highest BCUT2D eigenvalue weighted by molar-refractivity contribution is 7.09. The van der Waals surface area contributed by atoms with Gasteiger partial charge in [0.15, 0.2) is 5.69 Å². The molecule has 0 fully saturated rings. The fourth-order valence-corrected chi connectivity index (χ4v) is 3.32. The van der Waals surface area contributed by atoms with E-state index in [1.165, 1.54) is 18.4 Å². The number of benzene rings is 1. The normalized spacial score (nSPS) is 10.5. The summed E-state index contributed by atoms with van der Waals surface area (Å²) in [5, 5.41) is 5.26. The van der Waals surface area contributed by atoms with E-state index in [9.17, 15) is 9.59 Å². The molecule has 0 aliphatic carbocycles. The molecule has 2 amide bonds. The SMILES string of the molecule is COCCCN(Cc1nc(C(=O)OC)cs1)C(=O)Nc1ccc(C)cc1C. The Hall–Kier alpha value is -2.45. The van der Waals surface area contributed by atoms with Crippen LogP contribution in [0.2, 0.25) is 0 Å². The van der Waals surface area contributed by atoms with Crippen molar-refractivity contribution in [2.24, 2.45) is 0 Å². The first-order valence-electron chi connectivity index (χ1n) is 8.59. The van der Waals surface area contributed by atoms with Gasteiger partial charge in [0.1, 0.15) is 5.01 Å². The molecule has 0 aliphatic rings. The summed E-state index contributed by atoms with van der Waals surface area (Å²) in [4.78, 5) is 30.3. The van der Waals surface area contributed by atoms with Crippen molar-refractivity contribution in [3.05, 3.63) is 45.4 Å². The predicted molar refractivity (Wildman–Crippen MR) is 105 cm³/mol. The van der Waals surface area contributed by atoms with Crippen LogP contribution in [-0.4, -0.2) is 49.3 Å². The van der Waals surface area contributed by atoms with Gasteiger partial charge in [-0.3, -0.25) is 0 Å². The Morgan fingerprint density at radius 3 is 2.70 bits per heavy atom. The molecule has 0 radical (unpaired) electrons. The maximum absolute atomic E-state index is 12.8. The fraction of sp³-hybridized carbons (Fsp3) is 0.421. The fourth-order valence-electron chi connectivity index (χ4n) is 2.55. The molecule has 0 spiro atoms. The molecule has 146 valence electrons. The van der Waals surface area contributed by atoms with Gasteiger partial charge < -0.3 is 19.7 Å². The average molecular weight is 391 g/mol. The van der Waals surface area contributed by atoms with Gasteiger partial charge >= 0.3 is 12.0 Å². The Kier molecular flexibility index (Phi) is 7.75. The molecule has 1 aromatic carbocycles. The van der Waals surface area contributed by atoms with Crippen molar-refractivity contribution >= 4 is 29.0 Å². The summed E-state index contributed by atoms with van der Waals surface area (Å²) in [6.07, 6.45) is 0.700. The van der Waals surface area contributed by atoms with Crippen LogP contribution >= 0.6 is 11.3 Å². The highest BCUT2D eigenvalue weighted by Crippen LogP contribution is 2.18. The number of esters is 1. The van der Waals surface area contributed by atoms with E-state index in [-0.39, 0.29) is 11.7 Å². The summed E-state index contributed by atoms with van der Waals surface area (Å²) in [5.41, 5.74) is 3.17. The van der Waals surface area contributed by atoms with E-state index in [0.29, 0.717) is 31.1 Å². The van der Waals surface area contributed by atoms with Crippen LogP contribution < -0.4 is 5.32 Å². The van der Waals surface area contributed by atoms with Crippen molar-refractivity contribution in [3.8, 4) is 0 Å². The molecule has 0 aliphatic heterocycles. The van der Waals surface area contributed by atoms with Gasteiger partial charge in [-0.2, -0.15) is 0 Å². The predicted octanol–water partition coefficient (Wildman–Crippen LogP) is 3.62. The number of urea groups is 1. The van der Waals surface area contributed by atoms with Gasteiger partial charge in [0, 0.05) is 31.3 Å². The lowest BCUT2D eigenvalue weighted by Gasteiger charge is -2.22. The van der Waals surface area contributed by atoms with Gasteiger partial charge in [0.25, 0.3) is 0 Å². The topological polar surface area (TPSA) is 80.8 Å². The first-order chi connectivity index (χ1) is 12.9. The molecular formula is C19H25N3O4S. The van der Waals surface area contributed by atoms with Crippen LogP contribution in [0.3, 0.4) is 0 Å². The Morgan fingerprint density at radius 2 is 2.04 bits per heavy atom. The number of carbonyl (C=O) groups is 2. The smallest absolute Gasteiger partial charge is 0.357 e. The van der Waals surface area contributed by atoms with Crippen LogP contribution in [0.5, 0.6) is 0 Å². The number of hydrogen-bond donors (Lipinski definition) is 1. The minimum Gasteiger partial charge on any atom is -0.464 e. The van der Waals surface area contributed by atoms with Crippen molar-refractivity contribution in [1.29, 1.82) is 0 Å². The first kappa shape index (κ1) is 20.9. The number of carbonyl (C=O) groups excluding carboxylic acids is 2. The highest BCUT2D eigenvalue weighted by Gasteiger charge is 2.18. The summed E-state index contributed by atoms with van der Waals surface area (Å²) < 4.78 is 9.77. The molecule has 8 heteroatoms. The second-order valence-electron chi connectivity index (χ2n) is 6.13. The van der Waals surface area contributed by atoms with Crippen molar-refractivity contribution in [2.75, 3.05) is 32.7 Å². The molecule has 0 saturated heterocycles. The van der Waals surface area contributed by atoms with Gasteiger partial charge in [-0.1, -0.05) is 17.7 Å².